The highest BCUT2D eigenvalue weighted by molar-refractivity contribution is 5.62. The van der Waals surface area contributed by atoms with Crippen LogP contribution in [0.5, 0.6) is 0 Å². The molecule has 0 unspecified atom stereocenters. The lowest BCUT2D eigenvalue weighted by Gasteiger charge is -2.14. The predicted octanol–water partition coefficient (Wildman–Crippen LogP) is 1.82. The van der Waals surface area contributed by atoms with E-state index in [-0.39, 0.29) is 0 Å². The number of ether oxygens (including phenoxy) is 1. The summed E-state index contributed by atoms with van der Waals surface area (Å²) in [6, 6.07) is 3.74. The molecule has 0 amide bonds. The van der Waals surface area contributed by atoms with Crippen LogP contribution in [0.1, 0.15) is 18.4 Å². The van der Waals surface area contributed by atoms with Crippen LogP contribution >= 0.6 is 0 Å². The van der Waals surface area contributed by atoms with Gasteiger partial charge in [0, 0.05) is 11.8 Å². The van der Waals surface area contributed by atoms with Crippen molar-refractivity contribution < 1.29 is 4.74 Å². The maximum absolute atomic E-state index is 5.57. The molecule has 0 atom stereocenters. The van der Waals surface area contributed by atoms with Crippen molar-refractivity contribution in [3.8, 4) is 0 Å². The second-order valence-electron chi connectivity index (χ2n) is 3.03. The average molecular weight is 176 g/mol. The third-order valence-electron chi connectivity index (χ3n) is 2.00. The molecular weight excluding hydrogens is 164 g/mol. The van der Waals surface area contributed by atoms with Crippen LogP contribution in [0.4, 0.5) is 5.82 Å². The van der Waals surface area contributed by atoms with E-state index >= 15 is 0 Å². The van der Waals surface area contributed by atoms with Gasteiger partial charge in [-0.3, -0.25) is 0 Å². The normalized spacial score (nSPS) is 16.2. The highest BCUT2D eigenvalue weighted by atomic mass is 16.5. The first-order chi connectivity index (χ1) is 6.36. The highest BCUT2D eigenvalue weighted by Crippen LogP contribution is 2.21. The number of hydrogen-bond acceptors (Lipinski definition) is 3. The Morgan fingerprint density at radius 2 is 2.38 bits per heavy atom. The van der Waals surface area contributed by atoms with Crippen molar-refractivity contribution in [3.05, 3.63) is 30.0 Å². The maximum Gasteiger partial charge on any atom is 0.124 e. The number of hydrogen-bond donors (Lipinski definition) is 1. The van der Waals surface area contributed by atoms with E-state index in [1.165, 1.54) is 0 Å². The number of nitrogen functional groups attached to an aromatic ring is 1. The first-order valence-electron chi connectivity index (χ1n) is 4.41. The minimum atomic E-state index is 0.535. The Balaban J connectivity index is 2.29. The van der Waals surface area contributed by atoms with Crippen molar-refractivity contribution in [2.24, 2.45) is 0 Å². The number of aromatic nitrogens is 1. The summed E-state index contributed by atoms with van der Waals surface area (Å²) in [5.74, 6) is 1.47. The third-order valence-corrected chi connectivity index (χ3v) is 2.00. The number of allylic oxidation sites excluding steroid dienone is 1. The number of nitrogens with zero attached hydrogens (tertiary/aromatic N) is 1. The highest BCUT2D eigenvalue weighted by Gasteiger charge is 2.06. The maximum atomic E-state index is 5.57. The number of nitrogens with two attached hydrogens (primary N) is 1. The molecular formula is C10H12N2O. The molecule has 1 aromatic heterocycles. The van der Waals surface area contributed by atoms with Crippen LogP contribution < -0.4 is 5.73 Å². The van der Waals surface area contributed by atoms with Gasteiger partial charge in [-0.05, 0) is 31.1 Å². The van der Waals surface area contributed by atoms with Gasteiger partial charge in [0.1, 0.15) is 11.6 Å². The summed E-state index contributed by atoms with van der Waals surface area (Å²) in [4.78, 5) is 3.93. The summed E-state index contributed by atoms with van der Waals surface area (Å²) in [6.45, 7) is 0.800. The zero-order valence-electron chi connectivity index (χ0n) is 7.36. The molecule has 0 bridgehead atoms. The minimum Gasteiger partial charge on any atom is -0.493 e. The first kappa shape index (κ1) is 8.10. The Labute approximate surface area is 77.2 Å². The van der Waals surface area contributed by atoms with E-state index in [1.54, 1.807) is 6.20 Å². The SMILES string of the molecule is Nc1cc(C2=CCCCO2)ccn1. The van der Waals surface area contributed by atoms with Gasteiger partial charge in [-0.15, -0.1) is 0 Å². The summed E-state index contributed by atoms with van der Waals surface area (Å²) < 4.78 is 5.50. The first-order valence-corrected chi connectivity index (χ1v) is 4.41. The minimum absolute atomic E-state index is 0.535. The van der Waals surface area contributed by atoms with Crippen molar-refractivity contribution in [1.82, 2.24) is 4.98 Å². The molecule has 2 N–H and O–H groups in total. The Morgan fingerprint density at radius 3 is 3.08 bits per heavy atom. The number of rotatable bonds is 1. The fourth-order valence-corrected chi connectivity index (χ4v) is 1.36. The molecule has 0 radical (unpaired) electrons. The number of anilines is 1. The summed E-state index contributed by atoms with van der Waals surface area (Å²) in [5.41, 5.74) is 6.59. The molecule has 68 valence electrons. The summed E-state index contributed by atoms with van der Waals surface area (Å²) in [7, 11) is 0. The van der Waals surface area contributed by atoms with Gasteiger partial charge in [-0.25, -0.2) is 4.98 Å². The van der Waals surface area contributed by atoms with Gasteiger partial charge < -0.3 is 10.5 Å². The van der Waals surface area contributed by atoms with Crippen LogP contribution in [0.3, 0.4) is 0 Å². The van der Waals surface area contributed by atoms with Crippen molar-refractivity contribution in [2.45, 2.75) is 12.8 Å². The van der Waals surface area contributed by atoms with Gasteiger partial charge in [0.15, 0.2) is 0 Å². The summed E-state index contributed by atoms with van der Waals surface area (Å²) in [6.07, 6.45) is 5.98. The average Bonchev–Trinajstić information content (AvgIpc) is 2.19. The van der Waals surface area contributed by atoms with E-state index in [0.29, 0.717) is 5.82 Å². The fourth-order valence-electron chi connectivity index (χ4n) is 1.36. The van der Waals surface area contributed by atoms with Crippen LogP contribution in [0.15, 0.2) is 24.4 Å². The van der Waals surface area contributed by atoms with Gasteiger partial charge in [-0.1, -0.05) is 0 Å². The lowest BCUT2D eigenvalue weighted by atomic mass is 10.1. The smallest absolute Gasteiger partial charge is 0.124 e. The standard InChI is InChI=1S/C10H12N2O/c11-10-7-8(4-5-12-10)9-3-1-2-6-13-9/h3-5,7H,1-2,6H2,(H2,11,12). The van der Waals surface area contributed by atoms with Crippen molar-refractivity contribution in [1.29, 1.82) is 0 Å². The Morgan fingerprint density at radius 1 is 1.46 bits per heavy atom. The van der Waals surface area contributed by atoms with Crippen LogP contribution in [-0.4, -0.2) is 11.6 Å². The van der Waals surface area contributed by atoms with Gasteiger partial charge in [0.25, 0.3) is 0 Å². The van der Waals surface area contributed by atoms with Crippen LogP contribution in [-0.2, 0) is 4.74 Å². The topological polar surface area (TPSA) is 48.1 Å². The summed E-state index contributed by atoms with van der Waals surface area (Å²) in [5, 5.41) is 0. The molecule has 0 saturated heterocycles. The molecule has 0 fully saturated rings. The second kappa shape index (κ2) is 3.47. The largest absolute Gasteiger partial charge is 0.493 e. The van der Waals surface area contributed by atoms with E-state index in [0.717, 1.165) is 30.8 Å². The van der Waals surface area contributed by atoms with Gasteiger partial charge in [-0.2, -0.15) is 0 Å². The third kappa shape index (κ3) is 1.80. The molecule has 0 aromatic carbocycles. The molecule has 2 heterocycles. The zero-order chi connectivity index (χ0) is 9.10. The van der Waals surface area contributed by atoms with Crippen LogP contribution in [0.25, 0.3) is 5.76 Å². The van der Waals surface area contributed by atoms with Crippen LogP contribution in [0.2, 0.25) is 0 Å². The van der Waals surface area contributed by atoms with Crippen molar-refractivity contribution in [2.75, 3.05) is 12.3 Å². The molecule has 2 rings (SSSR count). The van der Waals surface area contributed by atoms with E-state index < -0.39 is 0 Å². The molecule has 3 nitrogen and oxygen atoms in total. The molecule has 3 heteroatoms. The number of pyridine rings is 1. The van der Waals surface area contributed by atoms with Gasteiger partial charge in [0.05, 0.1) is 6.61 Å². The van der Waals surface area contributed by atoms with Crippen molar-refractivity contribution >= 4 is 11.6 Å². The van der Waals surface area contributed by atoms with Crippen molar-refractivity contribution in [3.63, 3.8) is 0 Å². The lowest BCUT2D eigenvalue weighted by molar-refractivity contribution is 0.259. The predicted molar refractivity (Wildman–Crippen MR) is 51.8 cm³/mol. The molecule has 1 aromatic rings. The fraction of sp³-hybridized carbons (Fsp3) is 0.300. The molecule has 0 saturated carbocycles. The van der Waals surface area contributed by atoms with E-state index in [4.69, 9.17) is 10.5 Å². The Kier molecular flexibility index (Phi) is 2.17. The molecule has 13 heavy (non-hydrogen) atoms. The molecule has 0 aliphatic carbocycles. The Bertz CT molecular complexity index is 333. The molecule has 1 aliphatic heterocycles. The van der Waals surface area contributed by atoms with Gasteiger partial charge >= 0.3 is 0 Å². The second-order valence-corrected chi connectivity index (χ2v) is 3.03. The Hall–Kier alpha value is -1.51. The van der Waals surface area contributed by atoms with E-state index in [1.807, 2.05) is 12.1 Å². The lowest BCUT2D eigenvalue weighted by Crippen LogP contribution is -2.01. The van der Waals surface area contributed by atoms with Gasteiger partial charge in [0.2, 0.25) is 0 Å². The zero-order valence-corrected chi connectivity index (χ0v) is 7.36. The van der Waals surface area contributed by atoms with E-state index in [2.05, 4.69) is 11.1 Å². The monoisotopic (exact) mass is 176 g/mol. The van der Waals surface area contributed by atoms with E-state index in [9.17, 15) is 0 Å². The summed E-state index contributed by atoms with van der Waals surface area (Å²) >= 11 is 0. The quantitative estimate of drug-likeness (QED) is 0.710. The molecule has 0 spiro atoms. The molecule has 1 aliphatic rings. The van der Waals surface area contributed by atoms with Crippen LogP contribution in [0, 0.1) is 0 Å².